The van der Waals surface area contributed by atoms with Gasteiger partial charge < -0.3 is 4.79 Å². The maximum atomic E-state index is 10.1. The maximum Gasteiger partial charge on any atom is 0.123 e. The molecule has 0 bridgehead atoms. The largest absolute Gasteiger partial charge is 0.303 e. The number of allylic oxidation sites excluding steroid dienone is 1. The number of carbonyl (C=O) groups is 1. The van der Waals surface area contributed by atoms with E-state index in [2.05, 4.69) is 22.6 Å². The van der Waals surface area contributed by atoms with E-state index >= 15 is 0 Å². The van der Waals surface area contributed by atoms with Crippen LogP contribution in [0.2, 0.25) is 0 Å². The molecule has 0 aliphatic carbocycles. The third-order valence-electron chi connectivity index (χ3n) is 1.06. The van der Waals surface area contributed by atoms with Gasteiger partial charge in [-0.3, -0.25) is 0 Å². The average molecular weight is 238 g/mol. The smallest absolute Gasteiger partial charge is 0.123 e. The number of carbonyl (C=O) groups excluding carboxylic acids is 1. The molecule has 1 nitrogen and oxygen atoms in total. The minimum Gasteiger partial charge on any atom is -0.303 e. The van der Waals surface area contributed by atoms with Crippen molar-refractivity contribution in [2.75, 3.05) is 0 Å². The molecule has 0 fully saturated rings. The zero-order valence-electron chi connectivity index (χ0n) is 5.73. The highest BCUT2D eigenvalue weighted by Crippen LogP contribution is 2.09. The monoisotopic (exact) mass is 238 g/mol. The topological polar surface area (TPSA) is 17.1 Å². The highest BCUT2D eigenvalue weighted by Gasteiger charge is 1.98. The van der Waals surface area contributed by atoms with Crippen molar-refractivity contribution in [3.8, 4) is 0 Å². The van der Waals surface area contributed by atoms with Gasteiger partial charge in [-0.1, -0.05) is 35.1 Å². The lowest BCUT2D eigenvalue weighted by atomic mass is 10.1. The van der Waals surface area contributed by atoms with Crippen molar-refractivity contribution in [3.63, 3.8) is 0 Å². The summed E-state index contributed by atoms with van der Waals surface area (Å²) in [6.07, 6.45) is 1.88. The Balaban J connectivity index is 3.59. The van der Waals surface area contributed by atoms with E-state index in [0.29, 0.717) is 0 Å². The van der Waals surface area contributed by atoms with Crippen molar-refractivity contribution in [2.24, 2.45) is 5.92 Å². The van der Waals surface area contributed by atoms with Crippen LogP contribution in [0.5, 0.6) is 0 Å². The van der Waals surface area contributed by atoms with Crippen LogP contribution in [0.1, 0.15) is 20.3 Å². The van der Waals surface area contributed by atoms with Crippen LogP contribution < -0.4 is 0 Å². The summed E-state index contributed by atoms with van der Waals surface area (Å²) >= 11 is 2.19. The van der Waals surface area contributed by atoms with Gasteiger partial charge in [-0.2, -0.15) is 0 Å². The molecule has 1 atom stereocenters. The Morgan fingerprint density at radius 3 is 2.67 bits per heavy atom. The molecule has 0 aliphatic rings. The van der Waals surface area contributed by atoms with E-state index in [4.69, 9.17) is 0 Å². The standard InChI is InChI=1S/C7H11IO/c1-6(4-8)3-7(2)5-9/h4-5,7H,3H2,1-2H3/t7-/m1/s1. The first-order valence-corrected chi connectivity index (χ1v) is 4.16. The van der Waals surface area contributed by atoms with Crippen molar-refractivity contribution in [3.05, 3.63) is 9.66 Å². The highest BCUT2D eigenvalue weighted by molar-refractivity contribution is 14.1. The Labute approximate surface area is 69.7 Å². The van der Waals surface area contributed by atoms with E-state index in [1.165, 1.54) is 5.57 Å². The summed E-state index contributed by atoms with van der Waals surface area (Å²) in [7, 11) is 0. The molecule has 9 heavy (non-hydrogen) atoms. The molecule has 0 spiro atoms. The lowest BCUT2D eigenvalue weighted by Crippen LogP contribution is -1.94. The van der Waals surface area contributed by atoms with Crippen LogP contribution >= 0.6 is 22.6 Å². The van der Waals surface area contributed by atoms with Gasteiger partial charge >= 0.3 is 0 Å². The Hall–Kier alpha value is 0.140. The van der Waals surface area contributed by atoms with Crippen molar-refractivity contribution >= 4 is 28.9 Å². The van der Waals surface area contributed by atoms with E-state index in [9.17, 15) is 4.79 Å². The summed E-state index contributed by atoms with van der Waals surface area (Å²) < 4.78 is 2.01. The predicted molar refractivity (Wildman–Crippen MR) is 47.6 cm³/mol. The van der Waals surface area contributed by atoms with Crippen LogP contribution in [0, 0.1) is 5.92 Å². The molecule has 0 unspecified atom stereocenters. The van der Waals surface area contributed by atoms with Crippen molar-refractivity contribution in [1.29, 1.82) is 0 Å². The van der Waals surface area contributed by atoms with Gasteiger partial charge in [0.1, 0.15) is 6.29 Å². The average Bonchev–Trinajstić information content (AvgIpc) is 1.87. The maximum absolute atomic E-state index is 10.1. The van der Waals surface area contributed by atoms with Crippen LogP contribution in [0.25, 0.3) is 0 Å². The minimum absolute atomic E-state index is 0.177. The lowest BCUT2D eigenvalue weighted by Gasteiger charge is -2.00. The zero-order chi connectivity index (χ0) is 7.28. The summed E-state index contributed by atoms with van der Waals surface area (Å²) in [5, 5.41) is 0. The molecule has 0 N–H and O–H groups in total. The van der Waals surface area contributed by atoms with E-state index < -0.39 is 0 Å². The number of aldehydes is 1. The van der Waals surface area contributed by atoms with Crippen molar-refractivity contribution in [2.45, 2.75) is 20.3 Å². The van der Waals surface area contributed by atoms with Crippen molar-refractivity contribution < 1.29 is 4.79 Å². The van der Waals surface area contributed by atoms with Crippen LogP contribution in [0.15, 0.2) is 9.66 Å². The number of hydrogen-bond acceptors (Lipinski definition) is 1. The molecule has 0 amide bonds. The van der Waals surface area contributed by atoms with Gasteiger partial charge in [0, 0.05) is 5.92 Å². The van der Waals surface area contributed by atoms with Crippen LogP contribution in [-0.2, 0) is 4.79 Å². The van der Waals surface area contributed by atoms with Gasteiger partial charge in [0.05, 0.1) is 0 Å². The summed E-state index contributed by atoms with van der Waals surface area (Å²) in [5.74, 6) is 0.177. The van der Waals surface area contributed by atoms with Gasteiger partial charge in [0.2, 0.25) is 0 Å². The molecular formula is C7H11IO. The second kappa shape index (κ2) is 4.97. The quantitative estimate of drug-likeness (QED) is 0.545. The van der Waals surface area contributed by atoms with E-state index in [-0.39, 0.29) is 5.92 Å². The van der Waals surface area contributed by atoms with Gasteiger partial charge in [-0.05, 0) is 17.4 Å². The molecule has 52 valence electrons. The second-order valence-corrected chi connectivity index (χ2v) is 2.90. The third-order valence-corrected chi connectivity index (χ3v) is 2.13. The number of hydrogen-bond donors (Lipinski definition) is 0. The van der Waals surface area contributed by atoms with Gasteiger partial charge in [-0.25, -0.2) is 0 Å². The van der Waals surface area contributed by atoms with E-state index in [0.717, 1.165) is 12.7 Å². The summed E-state index contributed by atoms with van der Waals surface area (Å²) in [5.41, 5.74) is 1.27. The van der Waals surface area contributed by atoms with E-state index in [1.54, 1.807) is 0 Å². The van der Waals surface area contributed by atoms with Crippen LogP contribution in [0.3, 0.4) is 0 Å². The summed E-state index contributed by atoms with van der Waals surface area (Å²) in [4.78, 5) is 10.1. The van der Waals surface area contributed by atoms with Crippen molar-refractivity contribution in [1.82, 2.24) is 0 Å². The Morgan fingerprint density at radius 2 is 2.33 bits per heavy atom. The Bertz CT molecular complexity index is 118. The van der Waals surface area contributed by atoms with Gasteiger partial charge in [0.15, 0.2) is 0 Å². The summed E-state index contributed by atoms with van der Waals surface area (Å²) in [6, 6.07) is 0. The molecule has 0 rings (SSSR count). The highest BCUT2D eigenvalue weighted by atomic mass is 127. The van der Waals surface area contributed by atoms with Crippen LogP contribution in [-0.4, -0.2) is 6.29 Å². The first-order chi connectivity index (χ1) is 4.20. The minimum atomic E-state index is 0.177. The predicted octanol–water partition coefficient (Wildman–Crippen LogP) is 2.55. The second-order valence-electron chi connectivity index (χ2n) is 2.27. The molecular weight excluding hydrogens is 227 g/mol. The lowest BCUT2D eigenvalue weighted by molar-refractivity contribution is -0.110. The molecule has 0 aromatic carbocycles. The molecule has 0 aliphatic heterocycles. The Morgan fingerprint density at radius 1 is 1.78 bits per heavy atom. The first kappa shape index (κ1) is 9.14. The molecule has 0 aromatic rings. The Kier molecular flexibility index (Phi) is 5.04. The molecule has 0 saturated carbocycles. The summed E-state index contributed by atoms with van der Waals surface area (Å²) in [6.45, 7) is 3.96. The van der Waals surface area contributed by atoms with Crippen LogP contribution in [0.4, 0.5) is 0 Å². The van der Waals surface area contributed by atoms with Gasteiger partial charge in [-0.15, -0.1) is 0 Å². The first-order valence-electron chi connectivity index (χ1n) is 2.92. The fourth-order valence-corrected chi connectivity index (χ4v) is 0.855. The molecule has 0 saturated heterocycles. The third kappa shape index (κ3) is 4.63. The molecule has 0 aromatic heterocycles. The number of halogens is 1. The molecule has 0 heterocycles. The zero-order valence-corrected chi connectivity index (χ0v) is 7.88. The molecule has 2 heteroatoms. The number of rotatable bonds is 3. The SMILES string of the molecule is CC(=CI)C[C@@H](C)C=O. The fourth-order valence-electron chi connectivity index (χ4n) is 0.601. The van der Waals surface area contributed by atoms with E-state index in [1.807, 2.05) is 17.9 Å². The van der Waals surface area contributed by atoms with Gasteiger partial charge in [0.25, 0.3) is 0 Å². The molecule has 0 radical (unpaired) electrons. The fraction of sp³-hybridized carbons (Fsp3) is 0.571. The normalized spacial score (nSPS) is 15.2.